The summed E-state index contributed by atoms with van der Waals surface area (Å²) >= 11 is 0. The third-order valence-electron chi connectivity index (χ3n) is 2.92. The predicted octanol–water partition coefficient (Wildman–Crippen LogP) is 1.94. The topological polar surface area (TPSA) is 12.5 Å². The average Bonchev–Trinajstić information content (AvgIpc) is 2.16. The highest BCUT2D eigenvalue weighted by molar-refractivity contribution is 5.36. The highest BCUT2D eigenvalue weighted by atomic mass is 16.5. The number of fused-ring (bicyclic) bond motifs is 1. The van der Waals surface area contributed by atoms with Crippen molar-refractivity contribution in [3.05, 3.63) is 29.8 Å². The predicted molar refractivity (Wildman–Crippen MR) is 57.7 cm³/mol. The summed E-state index contributed by atoms with van der Waals surface area (Å²) in [7, 11) is 4.22. The molecule has 1 aliphatic heterocycles. The lowest BCUT2D eigenvalue weighted by molar-refractivity contribution is 0.0927. The normalized spacial score (nSPS) is 25.7. The number of hydrogen-bond donors (Lipinski definition) is 0. The minimum atomic E-state index is 0.278. The van der Waals surface area contributed by atoms with Gasteiger partial charge in [0.15, 0.2) is 0 Å². The molecule has 1 heterocycles. The van der Waals surface area contributed by atoms with E-state index in [1.807, 2.05) is 6.07 Å². The minimum absolute atomic E-state index is 0.278. The molecule has 0 radical (unpaired) electrons. The van der Waals surface area contributed by atoms with Crippen LogP contribution in [0.3, 0.4) is 0 Å². The van der Waals surface area contributed by atoms with Crippen LogP contribution < -0.4 is 4.74 Å². The maximum absolute atomic E-state index is 5.86. The first-order valence-electron chi connectivity index (χ1n) is 5.09. The van der Waals surface area contributed by atoms with Gasteiger partial charge in [-0.05, 0) is 39.1 Å². The average molecular weight is 191 g/mol. The van der Waals surface area contributed by atoms with Gasteiger partial charge in [0.1, 0.15) is 11.9 Å². The van der Waals surface area contributed by atoms with Crippen molar-refractivity contribution in [3.8, 4) is 5.75 Å². The number of para-hydroxylation sites is 1. The summed E-state index contributed by atoms with van der Waals surface area (Å²) in [6.45, 7) is 2.14. The van der Waals surface area contributed by atoms with Gasteiger partial charge in [-0.1, -0.05) is 18.2 Å². The zero-order valence-electron chi connectivity index (χ0n) is 9.03. The molecule has 0 saturated carbocycles. The number of nitrogens with zero attached hydrogens (tertiary/aromatic N) is 1. The molecule has 2 heteroatoms. The van der Waals surface area contributed by atoms with E-state index < -0.39 is 0 Å². The first-order valence-corrected chi connectivity index (χ1v) is 5.09. The molecule has 0 unspecified atom stereocenters. The van der Waals surface area contributed by atoms with E-state index in [-0.39, 0.29) is 6.10 Å². The van der Waals surface area contributed by atoms with E-state index in [1.165, 1.54) is 5.56 Å². The van der Waals surface area contributed by atoms with E-state index in [0.29, 0.717) is 6.04 Å². The summed E-state index contributed by atoms with van der Waals surface area (Å²) in [5.41, 5.74) is 1.32. The number of rotatable bonds is 1. The molecule has 1 aromatic carbocycles. The SMILES string of the molecule is C[C@H]1Oc2ccccc2C[C@@H]1N(C)C. The van der Waals surface area contributed by atoms with E-state index >= 15 is 0 Å². The number of benzene rings is 1. The molecule has 1 aliphatic rings. The quantitative estimate of drug-likeness (QED) is 0.672. The third kappa shape index (κ3) is 1.62. The number of likely N-dealkylation sites (N-methyl/N-ethyl adjacent to an activating group) is 1. The molecule has 0 spiro atoms. The molecular formula is C12H17NO. The first kappa shape index (κ1) is 9.53. The van der Waals surface area contributed by atoms with Crippen LogP contribution in [0.25, 0.3) is 0 Å². The maximum Gasteiger partial charge on any atom is 0.123 e. The molecule has 14 heavy (non-hydrogen) atoms. The van der Waals surface area contributed by atoms with Gasteiger partial charge in [0.2, 0.25) is 0 Å². The second-order valence-corrected chi connectivity index (χ2v) is 4.17. The molecule has 0 bridgehead atoms. The summed E-state index contributed by atoms with van der Waals surface area (Å²) < 4.78 is 5.86. The van der Waals surface area contributed by atoms with Crippen molar-refractivity contribution in [2.75, 3.05) is 14.1 Å². The van der Waals surface area contributed by atoms with Crippen molar-refractivity contribution in [1.82, 2.24) is 4.90 Å². The fourth-order valence-electron chi connectivity index (χ4n) is 2.06. The van der Waals surface area contributed by atoms with Gasteiger partial charge in [0.05, 0.1) is 0 Å². The van der Waals surface area contributed by atoms with Gasteiger partial charge in [-0.3, -0.25) is 0 Å². The Morgan fingerprint density at radius 1 is 1.29 bits per heavy atom. The van der Waals surface area contributed by atoms with E-state index in [9.17, 15) is 0 Å². The van der Waals surface area contributed by atoms with Crippen LogP contribution in [0.2, 0.25) is 0 Å². The molecule has 0 aromatic heterocycles. The zero-order valence-corrected chi connectivity index (χ0v) is 9.03. The lowest BCUT2D eigenvalue weighted by atomic mass is 9.97. The molecule has 2 atom stereocenters. The molecule has 0 N–H and O–H groups in total. The van der Waals surface area contributed by atoms with Gasteiger partial charge in [-0.2, -0.15) is 0 Å². The molecule has 0 saturated heterocycles. The number of hydrogen-bond acceptors (Lipinski definition) is 2. The van der Waals surface area contributed by atoms with E-state index in [4.69, 9.17) is 4.74 Å². The van der Waals surface area contributed by atoms with Crippen LogP contribution in [-0.2, 0) is 6.42 Å². The van der Waals surface area contributed by atoms with Crippen molar-refractivity contribution >= 4 is 0 Å². The largest absolute Gasteiger partial charge is 0.489 e. The Morgan fingerprint density at radius 3 is 2.71 bits per heavy atom. The second-order valence-electron chi connectivity index (χ2n) is 4.17. The van der Waals surface area contributed by atoms with Crippen molar-refractivity contribution in [1.29, 1.82) is 0 Å². The summed E-state index contributed by atoms with van der Waals surface area (Å²) in [6, 6.07) is 8.80. The van der Waals surface area contributed by atoms with Crippen LogP contribution in [0, 0.1) is 0 Å². The van der Waals surface area contributed by atoms with Crippen LogP contribution in [0.5, 0.6) is 5.75 Å². The van der Waals surface area contributed by atoms with E-state index in [1.54, 1.807) is 0 Å². The van der Waals surface area contributed by atoms with Gasteiger partial charge in [0, 0.05) is 6.04 Å². The Kier molecular flexibility index (Phi) is 2.46. The Balaban J connectivity index is 2.27. The molecule has 0 fully saturated rings. The molecule has 2 nitrogen and oxygen atoms in total. The molecule has 2 rings (SSSR count). The molecule has 0 aliphatic carbocycles. The maximum atomic E-state index is 5.86. The van der Waals surface area contributed by atoms with Crippen LogP contribution in [0.4, 0.5) is 0 Å². The van der Waals surface area contributed by atoms with Gasteiger partial charge >= 0.3 is 0 Å². The number of ether oxygens (including phenoxy) is 1. The Hall–Kier alpha value is -1.02. The summed E-state index contributed by atoms with van der Waals surface area (Å²) in [4.78, 5) is 2.24. The van der Waals surface area contributed by atoms with Crippen molar-refractivity contribution in [2.24, 2.45) is 0 Å². The van der Waals surface area contributed by atoms with E-state index in [0.717, 1.165) is 12.2 Å². The van der Waals surface area contributed by atoms with Crippen LogP contribution in [0.1, 0.15) is 12.5 Å². The Bertz CT molecular complexity index is 322. The monoisotopic (exact) mass is 191 g/mol. The smallest absolute Gasteiger partial charge is 0.123 e. The Labute approximate surface area is 85.5 Å². The van der Waals surface area contributed by atoms with Crippen LogP contribution in [-0.4, -0.2) is 31.1 Å². The molecule has 0 amide bonds. The van der Waals surface area contributed by atoms with Gasteiger partial charge in [0.25, 0.3) is 0 Å². The van der Waals surface area contributed by atoms with Crippen molar-refractivity contribution in [2.45, 2.75) is 25.5 Å². The highest BCUT2D eigenvalue weighted by Crippen LogP contribution is 2.28. The van der Waals surface area contributed by atoms with Crippen LogP contribution in [0.15, 0.2) is 24.3 Å². The van der Waals surface area contributed by atoms with E-state index in [2.05, 4.69) is 44.1 Å². The molecule has 76 valence electrons. The fourth-order valence-corrected chi connectivity index (χ4v) is 2.06. The standard InChI is InChI=1S/C12H17NO/c1-9-11(13(2)3)8-10-6-4-5-7-12(10)14-9/h4-7,9,11H,8H2,1-3H3/t9-,11+/m1/s1. The highest BCUT2D eigenvalue weighted by Gasteiger charge is 2.27. The second kappa shape index (κ2) is 3.62. The first-order chi connectivity index (χ1) is 6.68. The molecular weight excluding hydrogens is 174 g/mol. The zero-order chi connectivity index (χ0) is 10.1. The third-order valence-corrected chi connectivity index (χ3v) is 2.92. The fraction of sp³-hybridized carbons (Fsp3) is 0.500. The lowest BCUT2D eigenvalue weighted by Crippen LogP contribution is -2.44. The minimum Gasteiger partial charge on any atom is -0.489 e. The van der Waals surface area contributed by atoms with Gasteiger partial charge < -0.3 is 9.64 Å². The van der Waals surface area contributed by atoms with Crippen LogP contribution >= 0.6 is 0 Å². The lowest BCUT2D eigenvalue weighted by Gasteiger charge is -2.35. The van der Waals surface area contributed by atoms with Crippen molar-refractivity contribution < 1.29 is 4.74 Å². The van der Waals surface area contributed by atoms with Gasteiger partial charge in [-0.15, -0.1) is 0 Å². The molecule has 1 aromatic rings. The Morgan fingerprint density at radius 2 is 2.00 bits per heavy atom. The van der Waals surface area contributed by atoms with Crippen molar-refractivity contribution in [3.63, 3.8) is 0 Å². The summed E-state index contributed by atoms with van der Waals surface area (Å²) in [6.07, 6.45) is 1.37. The summed E-state index contributed by atoms with van der Waals surface area (Å²) in [5, 5.41) is 0. The summed E-state index contributed by atoms with van der Waals surface area (Å²) in [5.74, 6) is 1.05. The van der Waals surface area contributed by atoms with Gasteiger partial charge in [-0.25, -0.2) is 0 Å².